The number of nitrogen functional groups attached to an aromatic ring is 1. The number of Topliss-reactive ketones (excluding diaryl/α,β-unsaturated/α-hetero) is 1. The molecule has 0 amide bonds. The molecule has 6 heteroatoms. The molecule has 4 N–H and O–H groups in total. The van der Waals surface area contributed by atoms with Crippen LogP contribution in [0.1, 0.15) is 10.4 Å². The van der Waals surface area contributed by atoms with Crippen LogP contribution < -0.4 is 11.5 Å². The molecule has 0 unspecified atom stereocenters. The predicted molar refractivity (Wildman–Crippen MR) is 61.5 cm³/mol. The second-order valence-electron chi connectivity index (χ2n) is 2.48. The van der Waals surface area contributed by atoms with Gasteiger partial charge < -0.3 is 11.5 Å². The molecule has 0 atom stereocenters. The van der Waals surface area contributed by atoms with Crippen molar-refractivity contribution in [3.63, 3.8) is 0 Å². The minimum Gasteiger partial charge on any atom is -0.396 e. The van der Waals surface area contributed by atoms with Crippen LogP contribution in [-0.4, -0.2) is 12.3 Å². The van der Waals surface area contributed by atoms with E-state index in [9.17, 15) is 4.79 Å². The van der Waals surface area contributed by atoms with Crippen LogP contribution >= 0.6 is 35.6 Å². The van der Waals surface area contributed by atoms with Gasteiger partial charge in [0, 0.05) is 5.56 Å². The van der Waals surface area contributed by atoms with E-state index in [1.54, 1.807) is 0 Å². The fraction of sp³-hybridized carbons (Fsp3) is 0.125. The van der Waals surface area contributed by atoms with E-state index in [0.717, 1.165) is 0 Å². The fourth-order valence-electron chi connectivity index (χ4n) is 0.863. The zero-order valence-electron chi connectivity index (χ0n) is 7.09. The van der Waals surface area contributed by atoms with Crippen molar-refractivity contribution >= 4 is 47.1 Å². The van der Waals surface area contributed by atoms with Gasteiger partial charge in [-0.1, -0.05) is 23.2 Å². The molecule has 0 saturated heterocycles. The summed E-state index contributed by atoms with van der Waals surface area (Å²) in [6.45, 7) is -0.0728. The van der Waals surface area contributed by atoms with Gasteiger partial charge in [0.2, 0.25) is 0 Å². The third-order valence-electron chi connectivity index (χ3n) is 1.59. The Kier molecular flexibility index (Phi) is 5.23. The van der Waals surface area contributed by atoms with E-state index in [4.69, 9.17) is 34.7 Å². The van der Waals surface area contributed by atoms with Gasteiger partial charge in [-0.15, -0.1) is 12.4 Å². The monoisotopic (exact) mass is 254 g/mol. The number of anilines is 1. The van der Waals surface area contributed by atoms with Crippen LogP contribution in [0.5, 0.6) is 0 Å². The highest BCUT2D eigenvalue weighted by atomic mass is 35.5. The minimum atomic E-state index is -0.219. The lowest BCUT2D eigenvalue weighted by molar-refractivity contribution is 0.100. The van der Waals surface area contributed by atoms with Gasteiger partial charge in [-0.25, -0.2) is 0 Å². The number of hydrogen-bond acceptors (Lipinski definition) is 3. The van der Waals surface area contributed by atoms with E-state index in [-0.39, 0.29) is 40.5 Å². The molecule has 0 saturated carbocycles. The van der Waals surface area contributed by atoms with E-state index < -0.39 is 0 Å². The number of rotatable bonds is 2. The molecule has 0 aliphatic carbocycles. The molecule has 1 aromatic carbocycles. The number of carbonyl (C=O) groups is 1. The molecule has 78 valence electrons. The van der Waals surface area contributed by atoms with Crippen molar-refractivity contribution in [3.05, 3.63) is 27.7 Å². The minimum absolute atomic E-state index is 0. The first-order chi connectivity index (χ1) is 6.06. The average Bonchev–Trinajstić information content (AvgIpc) is 2.12. The van der Waals surface area contributed by atoms with Gasteiger partial charge in [-0.3, -0.25) is 4.79 Å². The van der Waals surface area contributed by atoms with Crippen molar-refractivity contribution < 1.29 is 4.79 Å². The fourth-order valence-corrected chi connectivity index (χ4v) is 1.35. The van der Waals surface area contributed by atoms with Gasteiger partial charge >= 0.3 is 0 Å². The van der Waals surface area contributed by atoms with Crippen LogP contribution in [0.15, 0.2) is 12.1 Å². The molecule has 1 rings (SSSR count). The highest BCUT2D eigenvalue weighted by molar-refractivity contribution is 6.39. The van der Waals surface area contributed by atoms with Crippen molar-refractivity contribution in [1.82, 2.24) is 0 Å². The Hall–Kier alpha value is -0.480. The van der Waals surface area contributed by atoms with Gasteiger partial charge in [0.05, 0.1) is 22.3 Å². The normalized spacial score (nSPS) is 9.36. The van der Waals surface area contributed by atoms with Crippen molar-refractivity contribution in [3.8, 4) is 0 Å². The van der Waals surface area contributed by atoms with E-state index in [2.05, 4.69) is 0 Å². The maximum Gasteiger partial charge on any atom is 0.176 e. The van der Waals surface area contributed by atoms with E-state index in [1.807, 2.05) is 0 Å². The smallest absolute Gasteiger partial charge is 0.176 e. The SMILES string of the molecule is Cl.NCC(=O)c1cc(Cl)c(N)c(Cl)c1. The van der Waals surface area contributed by atoms with Crippen LogP contribution in [0.4, 0.5) is 5.69 Å². The van der Waals surface area contributed by atoms with Crippen LogP contribution in [0.25, 0.3) is 0 Å². The lowest BCUT2D eigenvalue weighted by Gasteiger charge is -2.04. The van der Waals surface area contributed by atoms with Gasteiger partial charge in [-0.2, -0.15) is 0 Å². The number of ketones is 1. The molecular formula is C8H9Cl3N2O. The molecule has 0 bridgehead atoms. The summed E-state index contributed by atoms with van der Waals surface area (Å²) in [5.74, 6) is -0.219. The second kappa shape index (κ2) is 5.41. The van der Waals surface area contributed by atoms with Crippen molar-refractivity contribution in [2.45, 2.75) is 0 Å². The summed E-state index contributed by atoms with van der Waals surface area (Å²) in [7, 11) is 0. The van der Waals surface area contributed by atoms with Crippen molar-refractivity contribution in [1.29, 1.82) is 0 Å². The highest BCUT2D eigenvalue weighted by Crippen LogP contribution is 2.28. The van der Waals surface area contributed by atoms with Crippen molar-refractivity contribution in [2.75, 3.05) is 12.3 Å². The Morgan fingerprint density at radius 2 is 1.71 bits per heavy atom. The third-order valence-corrected chi connectivity index (χ3v) is 2.21. The third kappa shape index (κ3) is 2.75. The van der Waals surface area contributed by atoms with Crippen molar-refractivity contribution in [2.24, 2.45) is 5.73 Å². The van der Waals surface area contributed by atoms with Crippen LogP contribution in [-0.2, 0) is 0 Å². The van der Waals surface area contributed by atoms with Crippen LogP contribution in [0, 0.1) is 0 Å². The first-order valence-electron chi connectivity index (χ1n) is 3.54. The number of hydrogen-bond donors (Lipinski definition) is 2. The maximum atomic E-state index is 11.1. The van der Waals surface area contributed by atoms with Gasteiger partial charge in [0.25, 0.3) is 0 Å². The molecule has 0 fully saturated rings. The summed E-state index contributed by atoms with van der Waals surface area (Å²) in [6.07, 6.45) is 0. The Balaban J connectivity index is 0.00000169. The molecule has 3 nitrogen and oxygen atoms in total. The number of carbonyl (C=O) groups excluding carboxylic acids is 1. The maximum absolute atomic E-state index is 11.1. The molecule has 0 radical (unpaired) electrons. The Bertz CT molecular complexity index is 331. The standard InChI is InChI=1S/C8H8Cl2N2O.ClH/c9-5-1-4(7(13)3-11)2-6(10)8(5)12;/h1-2H,3,11-12H2;1H. The summed E-state index contributed by atoms with van der Waals surface area (Å²) in [6, 6.07) is 2.91. The van der Waals surface area contributed by atoms with E-state index in [0.29, 0.717) is 5.56 Å². The molecule has 0 heterocycles. The Morgan fingerprint density at radius 1 is 1.29 bits per heavy atom. The number of benzene rings is 1. The second-order valence-corrected chi connectivity index (χ2v) is 3.30. The number of nitrogens with two attached hydrogens (primary N) is 2. The zero-order valence-corrected chi connectivity index (χ0v) is 9.42. The molecule has 0 aliphatic heterocycles. The molecule has 0 spiro atoms. The van der Waals surface area contributed by atoms with Gasteiger partial charge in [0.15, 0.2) is 5.78 Å². The predicted octanol–water partition coefficient (Wildman–Crippen LogP) is 2.14. The highest BCUT2D eigenvalue weighted by Gasteiger charge is 2.09. The lowest BCUT2D eigenvalue weighted by atomic mass is 10.1. The summed E-state index contributed by atoms with van der Waals surface area (Å²) in [5.41, 5.74) is 11.3. The quantitative estimate of drug-likeness (QED) is 0.628. The molecular weight excluding hydrogens is 246 g/mol. The zero-order chi connectivity index (χ0) is 10.0. The Morgan fingerprint density at radius 3 is 2.07 bits per heavy atom. The average molecular weight is 256 g/mol. The summed E-state index contributed by atoms with van der Waals surface area (Å²) < 4.78 is 0. The number of halogens is 3. The largest absolute Gasteiger partial charge is 0.396 e. The molecule has 0 aliphatic rings. The van der Waals surface area contributed by atoms with Gasteiger partial charge in [-0.05, 0) is 12.1 Å². The Labute approximate surface area is 97.8 Å². The molecule has 1 aromatic rings. The molecule has 14 heavy (non-hydrogen) atoms. The molecule has 0 aromatic heterocycles. The topological polar surface area (TPSA) is 69.1 Å². The van der Waals surface area contributed by atoms with Gasteiger partial charge in [0.1, 0.15) is 0 Å². The summed E-state index contributed by atoms with van der Waals surface area (Å²) in [4.78, 5) is 11.1. The van der Waals surface area contributed by atoms with Crippen LogP contribution in [0.3, 0.4) is 0 Å². The van der Waals surface area contributed by atoms with E-state index in [1.165, 1.54) is 12.1 Å². The van der Waals surface area contributed by atoms with Crippen LogP contribution in [0.2, 0.25) is 10.0 Å². The first-order valence-corrected chi connectivity index (χ1v) is 4.29. The lowest BCUT2D eigenvalue weighted by Crippen LogP contribution is -2.13. The summed E-state index contributed by atoms with van der Waals surface area (Å²) >= 11 is 11.4. The van der Waals surface area contributed by atoms with E-state index >= 15 is 0 Å². The first kappa shape index (κ1) is 13.5. The summed E-state index contributed by atoms with van der Waals surface area (Å²) in [5, 5.41) is 0.536.